The number of rotatable bonds is 4. The molecule has 21 heavy (non-hydrogen) atoms. The van der Waals surface area contributed by atoms with Crippen LogP contribution in [0.1, 0.15) is 32.6 Å². The number of amides is 2. The molecule has 2 amide bonds. The number of hydrogen-bond donors (Lipinski definition) is 2. The summed E-state index contributed by atoms with van der Waals surface area (Å²) >= 11 is 0. The maximum atomic E-state index is 12.7. The number of carboxylic acids is 1. The third-order valence-electron chi connectivity index (χ3n) is 4.27. The van der Waals surface area contributed by atoms with Gasteiger partial charge in [-0.05, 0) is 19.8 Å². The minimum Gasteiger partial charge on any atom is -0.480 e. The molecule has 2 aliphatic rings. The van der Waals surface area contributed by atoms with E-state index >= 15 is 0 Å². The third kappa shape index (κ3) is 3.85. The maximum Gasteiger partial charge on any atom is 0.323 e. The molecular weight excluding hydrogens is 276 g/mol. The van der Waals surface area contributed by atoms with Gasteiger partial charge in [0.15, 0.2) is 0 Å². The molecule has 0 spiro atoms. The third-order valence-corrected chi connectivity index (χ3v) is 4.27. The first-order chi connectivity index (χ1) is 10.0. The van der Waals surface area contributed by atoms with Gasteiger partial charge in [0.25, 0.3) is 0 Å². The van der Waals surface area contributed by atoms with Crippen LogP contribution < -0.4 is 0 Å². The fourth-order valence-corrected chi connectivity index (χ4v) is 3.07. The Morgan fingerprint density at radius 2 is 2.00 bits per heavy atom. The number of aliphatic hydroxyl groups excluding tert-OH is 1. The van der Waals surface area contributed by atoms with Crippen molar-refractivity contribution in [2.24, 2.45) is 0 Å². The van der Waals surface area contributed by atoms with Crippen LogP contribution in [0.3, 0.4) is 0 Å². The van der Waals surface area contributed by atoms with Crippen molar-refractivity contribution in [3.63, 3.8) is 0 Å². The van der Waals surface area contributed by atoms with Crippen molar-refractivity contribution < 1.29 is 24.5 Å². The van der Waals surface area contributed by atoms with Gasteiger partial charge in [0.05, 0.1) is 31.9 Å². The Morgan fingerprint density at radius 1 is 1.33 bits per heavy atom. The molecule has 0 aromatic carbocycles. The molecular formula is C14H24N2O5. The van der Waals surface area contributed by atoms with Crippen molar-refractivity contribution in [3.8, 4) is 0 Å². The van der Waals surface area contributed by atoms with Crippen molar-refractivity contribution in [2.45, 2.75) is 50.8 Å². The summed E-state index contributed by atoms with van der Waals surface area (Å²) in [5.74, 6) is -0.991. The number of carbonyl (C=O) groups is 2. The van der Waals surface area contributed by atoms with Gasteiger partial charge in [-0.3, -0.25) is 4.79 Å². The SMILES string of the molecule is CC1COC(CO)CN1C(=O)N(CC(=O)O)C1CCCC1. The van der Waals surface area contributed by atoms with E-state index in [1.807, 2.05) is 6.92 Å². The van der Waals surface area contributed by atoms with Crippen LogP contribution in [0.5, 0.6) is 0 Å². The maximum absolute atomic E-state index is 12.7. The normalized spacial score (nSPS) is 26.9. The highest BCUT2D eigenvalue weighted by atomic mass is 16.5. The van der Waals surface area contributed by atoms with Crippen LogP contribution >= 0.6 is 0 Å². The molecule has 1 saturated carbocycles. The Hall–Kier alpha value is -1.34. The zero-order valence-electron chi connectivity index (χ0n) is 12.4. The van der Waals surface area contributed by atoms with Gasteiger partial charge >= 0.3 is 12.0 Å². The van der Waals surface area contributed by atoms with E-state index in [0.29, 0.717) is 13.2 Å². The number of urea groups is 1. The van der Waals surface area contributed by atoms with Gasteiger partial charge in [0, 0.05) is 6.04 Å². The van der Waals surface area contributed by atoms with Gasteiger partial charge in [0.2, 0.25) is 0 Å². The molecule has 2 atom stereocenters. The van der Waals surface area contributed by atoms with Gasteiger partial charge in [-0.25, -0.2) is 4.79 Å². The van der Waals surface area contributed by atoms with E-state index in [9.17, 15) is 14.7 Å². The minimum atomic E-state index is -0.991. The van der Waals surface area contributed by atoms with Crippen molar-refractivity contribution in [3.05, 3.63) is 0 Å². The Kier molecular flexibility index (Phi) is 5.41. The summed E-state index contributed by atoms with van der Waals surface area (Å²) in [6, 6.07) is -0.354. The first-order valence-electron chi connectivity index (χ1n) is 7.54. The average molecular weight is 300 g/mol. The summed E-state index contributed by atoms with van der Waals surface area (Å²) < 4.78 is 5.43. The first kappa shape index (κ1) is 16.0. The topological polar surface area (TPSA) is 90.3 Å². The van der Waals surface area contributed by atoms with Crippen molar-refractivity contribution in [2.75, 3.05) is 26.3 Å². The Balaban J connectivity index is 2.09. The van der Waals surface area contributed by atoms with Gasteiger partial charge in [-0.1, -0.05) is 12.8 Å². The number of ether oxygens (including phenoxy) is 1. The molecule has 1 aliphatic carbocycles. The highest BCUT2D eigenvalue weighted by Crippen LogP contribution is 2.25. The molecule has 120 valence electrons. The number of carbonyl (C=O) groups excluding carboxylic acids is 1. The van der Waals surface area contributed by atoms with Crippen LogP contribution in [-0.4, -0.2) is 76.5 Å². The van der Waals surface area contributed by atoms with E-state index < -0.39 is 5.97 Å². The number of morpholine rings is 1. The van der Waals surface area contributed by atoms with Crippen molar-refractivity contribution in [1.82, 2.24) is 9.80 Å². The molecule has 0 aromatic heterocycles. The summed E-state index contributed by atoms with van der Waals surface area (Å²) in [5.41, 5.74) is 0. The second-order valence-corrected chi connectivity index (χ2v) is 5.88. The summed E-state index contributed by atoms with van der Waals surface area (Å²) in [5, 5.41) is 18.3. The highest BCUT2D eigenvalue weighted by Gasteiger charge is 2.36. The summed E-state index contributed by atoms with van der Waals surface area (Å²) in [6.45, 7) is 2.14. The van der Waals surface area contributed by atoms with Crippen LogP contribution in [0.4, 0.5) is 4.79 Å². The number of aliphatic hydroxyl groups is 1. The van der Waals surface area contributed by atoms with Gasteiger partial charge in [0.1, 0.15) is 6.54 Å². The lowest BCUT2D eigenvalue weighted by atomic mass is 10.2. The van der Waals surface area contributed by atoms with Crippen LogP contribution in [0.15, 0.2) is 0 Å². The molecule has 2 rings (SSSR count). The van der Waals surface area contributed by atoms with E-state index in [1.54, 1.807) is 4.90 Å². The molecule has 1 heterocycles. The molecule has 2 N–H and O–H groups in total. The largest absolute Gasteiger partial charge is 0.480 e. The number of hydrogen-bond acceptors (Lipinski definition) is 4. The number of carboxylic acid groups (broad SMARTS) is 1. The van der Waals surface area contributed by atoms with Gasteiger partial charge < -0.3 is 24.7 Å². The number of nitrogens with zero attached hydrogens (tertiary/aromatic N) is 2. The van der Waals surface area contributed by atoms with Crippen LogP contribution in [0.2, 0.25) is 0 Å². The molecule has 2 unspecified atom stereocenters. The highest BCUT2D eigenvalue weighted by molar-refractivity contribution is 5.81. The summed E-state index contributed by atoms with van der Waals surface area (Å²) in [6.07, 6.45) is 3.40. The standard InChI is InChI=1S/C14H24N2O5/c1-10-9-21-12(8-17)6-15(10)14(20)16(7-13(18)19)11-4-2-3-5-11/h10-12,17H,2-9H2,1H3,(H,18,19). The fraction of sp³-hybridized carbons (Fsp3) is 0.857. The smallest absolute Gasteiger partial charge is 0.323 e. The molecule has 0 bridgehead atoms. The first-order valence-corrected chi connectivity index (χ1v) is 7.54. The molecule has 0 aromatic rings. The summed E-state index contributed by atoms with van der Waals surface area (Å²) in [4.78, 5) is 26.9. The lowest BCUT2D eigenvalue weighted by Crippen LogP contribution is -2.58. The second kappa shape index (κ2) is 7.09. The van der Waals surface area contributed by atoms with Crippen LogP contribution in [0.25, 0.3) is 0 Å². The summed E-state index contributed by atoms with van der Waals surface area (Å²) in [7, 11) is 0. The van der Waals surface area contributed by atoms with E-state index in [1.165, 1.54) is 4.90 Å². The van der Waals surface area contributed by atoms with E-state index in [-0.39, 0.29) is 37.4 Å². The molecule has 2 fully saturated rings. The molecule has 7 nitrogen and oxygen atoms in total. The Morgan fingerprint density at radius 3 is 2.57 bits per heavy atom. The monoisotopic (exact) mass is 300 g/mol. The predicted octanol–water partition coefficient (Wildman–Crippen LogP) is 0.517. The van der Waals surface area contributed by atoms with Crippen LogP contribution in [0, 0.1) is 0 Å². The van der Waals surface area contributed by atoms with E-state index in [0.717, 1.165) is 25.7 Å². The Labute approximate surface area is 124 Å². The second-order valence-electron chi connectivity index (χ2n) is 5.88. The molecule has 1 aliphatic heterocycles. The van der Waals surface area contributed by atoms with Gasteiger partial charge in [-0.2, -0.15) is 0 Å². The molecule has 0 radical (unpaired) electrons. The minimum absolute atomic E-state index is 0.0104. The Bertz CT molecular complexity index is 384. The zero-order valence-corrected chi connectivity index (χ0v) is 12.4. The van der Waals surface area contributed by atoms with Crippen molar-refractivity contribution >= 4 is 12.0 Å². The van der Waals surface area contributed by atoms with E-state index in [4.69, 9.17) is 9.84 Å². The quantitative estimate of drug-likeness (QED) is 0.790. The van der Waals surface area contributed by atoms with Crippen molar-refractivity contribution in [1.29, 1.82) is 0 Å². The number of aliphatic carboxylic acids is 1. The lowest BCUT2D eigenvalue weighted by molar-refractivity contribution is -0.138. The van der Waals surface area contributed by atoms with Crippen LogP contribution in [-0.2, 0) is 9.53 Å². The fourth-order valence-electron chi connectivity index (χ4n) is 3.07. The molecule has 1 saturated heterocycles. The predicted molar refractivity (Wildman–Crippen MR) is 75.0 cm³/mol. The van der Waals surface area contributed by atoms with Gasteiger partial charge in [-0.15, -0.1) is 0 Å². The average Bonchev–Trinajstić information content (AvgIpc) is 2.98. The molecule has 7 heteroatoms. The van der Waals surface area contributed by atoms with E-state index in [2.05, 4.69) is 0 Å². The zero-order chi connectivity index (χ0) is 15.4. The lowest BCUT2D eigenvalue weighted by Gasteiger charge is -2.41.